The number of hydrogen-bond donors (Lipinski definition) is 2. The zero-order valence-corrected chi connectivity index (χ0v) is 10.5. The smallest absolute Gasteiger partial charge is 0.251 e. The topological polar surface area (TPSA) is 55.1 Å². The summed E-state index contributed by atoms with van der Waals surface area (Å²) in [4.78, 5) is 11.8. The van der Waals surface area contributed by atoms with Crippen LogP contribution in [0.25, 0.3) is 0 Å². The number of carbonyl (C=O) groups is 1. The number of carbonyl (C=O) groups excluding carboxylic acids is 1. The highest BCUT2D eigenvalue weighted by Gasteiger charge is 2.13. The normalized spacial score (nSPS) is 12.6. The number of nitrogens with one attached hydrogen (secondary N) is 1. The number of nitrogen functional groups attached to an aromatic ring is 1. The third-order valence-electron chi connectivity index (χ3n) is 2.62. The molecule has 0 saturated carbocycles. The van der Waals surface area contributed by atoms with Crippen molar-refractivity contribution in [2.24, 2.45) is 5.92 Å². The van der Waals surface area contributed by atoms with Gasteiger partial charge in [-0.05, 0) is 31.0 Å². The van der Waals surface area contributed by atoms with Gasteiger partial charge in [0.2, 0.25) is 0 Å². The molecule has 0 spiro atoms. The van der Waals surface area contributed by atoms with Crippen LogP contribution >= 0.6 is 11.6 Å². The van der Waals surface area contributed by atoms with E-state index >= 15 is 0 Å². The van der Waals surface area contributed by atoms with Crippen LogP contribution in [0.3, 0.4) is 0 Å². The van der Waals surface area contributed by atoms with E-state index in [1.54, 1.807) is 18.2 Å². The predicted octanol–water partition coefficient (Wildman–Crippen LogP) is 2.70. The third kappa shape index (κ3) is 3.14. The molecule has 1 aromatic carbocycles. The van der Waals surface area contributed by atoms with Crippen molar-refractivity contribution in [1.82, 2.24) is 5.32 Å². The van der Waals surface area contributed by atoms with E-state index in [0.717, 1.165) is 0 Å². The van der Waals surface area contributed by atoms with Gasteiger partial charge in [-0.3, -0.25) is 4.79 Å². The van der Waals surface area contributed by atoms with E-state index in [1.165, 1.54) is 0 Å². The molecule has 1 atom stereocenters. The number of halogens is 1. The molecule has 0 aliphatic carbocycles. The summed E-state index contributed by atoms with van der Waals surface area (Å²) < 4.78 is 0. The second kappa shape index (κ2) is 5.21. The van der Waals surface area contributed by atoms with Gasteiger partial charge in [-0.1, -0.05) is 25.4 Å². The van der Waals surface area contributed by atoms with Crippen molar-refractivity contribution in [2.45, 2.75) is 26.8 Å². The van der Waals surface area contributed by atoms with Gasteiger partial charge >= 0.3 is 0 Å². The van der Waals surface area contributed by atoms with Crippen LogP contribution in [0, 0.1) is 5.92 Å². The molecule has 0 aromatic heterocycles. The fraction of sp³-hybridized carbons (Fsp3) is 0.417. The molecule has 1 amide bonds. The van der Waals surface area contributed by atoms with Crippen molar-refractivity contribution in [1.29, 1.82) is 0 Å². The summed E-state index contributed by atoms with van der Waals surface area (Å²) in [5, 5.41) is 3.37. The van der Waals surface area contributed by atoms with Gasteiger partial charge in [0.25, 0.3) is 5.91 Å². The number of benzene rings is 1. The number of hydrogen-bond acceptors (Lipinski definition) is 2. The Hall–Kier alpha value is -1.22. The molecule has 3 nitrogen and oxygen atoms in total. The molecule has 0 saturated heterocycles. The van der Waals surface area contributed by atoms with Gasteiger partial charge in [-0.25, -0.2) is 0 Å². The quantitative estimate of drug-likeness (QED) is 0.799. The zero-order chi connectivity index (χ0) is 12.3. The Morgan fingerprint density at radius 3 is 2.50 bits per heavy atom. The lowest BCUT2D eigenvalue weighted by molar-refractivity contribution is 0.0930. The van der Waals surface area contributed by atoms with E-state index in [0.29, 0.717) is 22.2 Å². The largest absolute Gasteiger partial charge is 0.398 e. The van der Waals surface area contributed by atoms with E-state index in [9.17, 15) is 4.79 Å². The SMILES string of the molecule is CC(C)C(C)NC(=O)c1ccc(Cl)c(N)c1. The van der Waals surface area contributed by atoms with E-state index in [-0.39, 0.29) is 11.9 Å². The minimum absolute atomic E-state index is 0.121. The summed E-state index contributed by atoms with van der Waals surface area (Å²) in [7, 11) is 0. The summed E-state index contributed by atoms with van der Waals surface area (Å²) in [6.45, 7) is 6.09. The van der Waals surface area contributed by atoms with Crippen LogP contribution in [0.1, 0.15) is 31.1 Å². The summed E-state index contributed by atoms with van der Waals surface area (Å²) in [6.07, 6.45) is 0. The minimum atomic E-state index is -0.121. The Labute approximate surface area is 101 Å². The Morgan fingerprint density at radius 2 is 2.00 bits per heavy atom. The van der Waals surface area contributed by atoms with E-state index in [1.807, 2.05) is 6.92 Å². The molecule has 0 fully saturated rings. The summed E-state index contributed by atoms with van der Waals surface area (Å²) in [5.74, 6) is 0.276. The van der Waals surface area contributed by atoms with Crippen LogP contribution in [0.4, 0.5) is 5.69 Å². The standard InChI is InChI=1S/C12H17ClN2O/c1-7(2)8(3)15-12(16)9-4-5-10(13)11(14)6-9/h4-8H,14H2,1-3H3,(H,15,16). The fourth-order valence-corrected chi connectivity index (χ4v) is 1.26. The Morgan fingerprint density at radius 1 is 1.38 bits per heavy atom. The second-order valence-corrected chi connectivity index (χ2v) is 4.65. The summed E-state index contributed by atoms with van der Waals surface area (Å²) in [6, 6.07) is 5.02. The maximum atomic E-state index is 11.8. The molecule has 0 bridgehead atoms. The molecule has 0 aliphatic rings. The van der Waals surface area contributed by atoms with Gasteiger partial charge in [-0.15, -0.1) is 0 Å². The fourth-order valence-electron chi connectivity index (χ4n) is 1.14. The molecule has 3 N–H and O–H groups in total. The van der Waals surface area contributed by atoms with Gasteiger partial charge < -0.3 is 11.1 Å². The van der Waals surface area contributed by atoms with Crippen molar-refractivity contribution < 1.29 is 4.79 Å². The number of nitrogens with two attached hydrogens (primary N) is 1. The van der Waals surface area contributed by atoms with Gasteiger partial charge in [0.05, 0.1) is 10.7 Å². The first-order valence-electron chi connectivity index (χ1n) is 5.27. The van der Waals surface area contributed by atoms with Crippen molar-refractivity contribution in [2.75, 3.05) is 5.73 Å². The molecule has 0 heterocycles. The first-order valence-corrected chi connectivity index (χ1v) is 5.65. The third-order valence-corrected chi connectivity index (χ3v) is 2.96. The predicted molar refractivity (Wildman–Crippen MR) is 67.6 cm³/mol. The second-order valence-electron chi connectivity index (χ2n) is 4.24. The van der Waals surface area contributed by atoms with Crippen LogP contribution in [0.15, 0.2) is 18.2 Å². The maximum Gasteiger partial charge on any atom is 0.251 e. The maximum absolute atomic E-state index is 11.8. The summed E-state index contributed by atoms with van der Waals surface area (Å²) >= 11 is 5.78. The van der Waals surface area contributed by atoms with Crippen LogP contribution < -0.4 is 11.1 Å². The van der Waals surface area contributed by atoms with Crippen LogP contribution in [0.2, 0.25) is 5.02 Å². The Kier molecular flexibility index (Phi) is 4.19. The van der Waals surface area contributed by atoms with E-state index in [4.69, 9.17) is 17.3 Å². The lowest BCUT2D eigenvalue weighted by Gasteiger charge is -2.17. The monoisotopic (exact) mass is 240 g/mol. The average molecular weight is 241 g/mol. The van der Waals surface area contributed by atoms with Gasteiger partial charge in [0, 0.05) is 11.6 Å². The van der Waals surface area contributed by atoms with Crippen LogP contribution in [0.5, 0.6) is 0 Å². The number of rotatable bonds is 3. The lowest BCUT2D eigenvalue weighted by atomic mass is 10.1. The molecule has 1 rings (SSSR count). The molecule has 0 radical (unpaired) electrons. The molecule has 1 aromatic rings. The molecule has 88 valence electrons. The van der Waals surface area contributed by atoms with Gasteiger partial charge in [-0.2, -0.15) is 0 Å². The minimum Gasteiger partial charge on any atom is -0.398 e. The van der Waals surface area contributed by atoms with E-state index in [2.05, 4.69) is 19.2 Å². The van der Waals surface area contributed by atoms with Crippen molar-refractivity contribution in [3.05, 3.63) is 28.8 Å². The average Bonchev–Trinajstić information content (AvgIpc) is 2.21. The highest BCUT2D eigenvalue weighted by molar-refractivity contribution is 6.33. The molecule has 0 aliphatic heterocycles. The molecule has 4 heteroatoms. The van der Waals surface area contributed by atoms with Crippen molar-refractivity contribution in [3.8, 4) is 0 Å². The highest BCUT2D eigenvalue weighted by atomic mass is 35.5. The Balaban J connectivity index is 2.77. The summed E-state index contributed by atoms with van der Waals surface area (Å²) in [5.41, 5.74) is 6.60. The van der Waals surface area contributed by atoms with E-state index < -0.39 is 0 Å². The highest BCUT2D eigenvalue weighted by Crippen LogP contribution is 2.19. The first-order chi connectivity index (χ1) is 7.41. The number of amides is 1. The van der Waals surface area contributed by atoms with Gasteiger partial charge in [0.1, 0.15) is 0 Å². The molecule has 16 heavy (non-hydrogen) atoms. The molecule has 1 unspecified atom stereocenters. The molecular formula is C12H17ClN2O. The number of anilines is 1. The van der Waals surface area contributed by atoms with Crippen LogP contribution in [-0.4, -0.2) is 11.9 Å². The molecular weight excluding hydrogens is 224 g/mol. The Bertz CT molecular complexity index is 391. The van der Waals surface area contributed by atoms with Gasteiger partial charge in [0.15, 0.2) is 0 Å². The lowest BCUT2D eigenvalue weighted by Crippen LogP contribution is -2.36. The van der Waals surface area contributed by atoms with Crippen molar-refractivity contribution in [3.63, 3.8) is 0 Å². The van der Waals surface area contributed by atoms with Crippen molar-refractivity contribution >= 4 is 23.2 Å². The van der Waals surface area contributed by atoms with Crippen LogP contribution in [-0.2, 0) is 0 Å². The first kappa shape index (κ1) is 12.8. The zero-order valence-electron chi connectivity index (χ0n) is 9.75.